The van der Waals surface area contributed by atoms with E-state index < -0.39 is 17.4 Å². The van der Waals surface area contributed by atoms with Crippen molar-refractivity contribution in [2.75, 3.05) is 31.2 Å². The zero-order chi connectivity index (χ0) is 23.2. The fourth-order valence-corrected chi connectivity index (χ4v) is 4.29. The molecule has 170 valence electrons. The van der Waals surface area contributed by atoms with Crippen molar-refractivity contribution in [3.8, 4) is 0 Å². The fraction of sp³-hybridized carbons (Fsp3) is 0.458. The number of benzene rings is 1. The van der Waals surface area contributed by atoms with Gasteiger partial charge in [0.1, 0.15) is 5.70 Å². The summed E-state index contributed by atoms with van der Waals surface area (Å²) in [5.74, 6) is -0.864. The van der Waals surface area contributed by atoms with Crippen LogP contribution in [-0.2, 0) is 26.3 Å². The average Bonchev–Trinajstić information content (AvgIpc) is 3.21. The molecule has 8 heteroatoms. The Morgan fingerprint density at radius 3 is 2.34 bits per heavy atom. The molecule has 0 spiro atoms. The molecule has 2 amide bonds. The Morgan fingerprint density at radius 1 is 1.06 bits per heavy atom. The number of amides is 2. The van der Waals surface area contributed by atoms with Gasteiger partial charge in [-0.3, -0.25) is 19.5 Å². The van der Waals surface area contributed by atoms with Gasteiger partial charge in [-0.15, -0.1) is 0 Å². The predicted octanol–water partition coefficient (Wildman–Crippen LogP) is 2.42. The van der Waals surface area contributed by atoms with Gasteiger partial charge in [0, 0.05) is 18.8 Å². The first-order chi connectivity index (χ1) is 15.1. The molecule has 0 unspecified atom stereocenters. The van der Waals surface area contributed by atoms with Crippen LogP contribution in [-0.4, -0.2) is 52.8 Å². The third kappa shape index (κ3) is 3.58. The summed E-state index contributed by atoms with van der Waals surface area (Å²) in [7, 11) is 0. The monoisotopic (exact) mass is 438 g/mol. The number of ether oxygens (including phenoxy) is 1. The number of aromatic amines is 1. The number of carbonyl (C=O) groups excluding carboxylic acids is 2. The molecule has 32 heavy (non-hydrogen) atoms. The molecular weight excluding hydrogens is 408 g/mol. The van der Waals surface area contributed by atoms with E-state index in [0.717, 1.165) is 5.56 Å². The van der Waals surface area contributed by atoms with Gasteiger partial charge in [0.15, 0.2) is 0 Å². The lowest BCUT2D eigenvalue weighted by Crippen LogP contribution is -2.40. The van der Waals surface area contributed by atoms with Crippen molar-refractivity contribution >= 4 is 23.1 Å². The number of nitrogens with one attached hydrogen (secondary N) is 1. The molecule has 3 heterocycles. The zero-order valence-corrected chi connectivity index (χ0v) is 19.3. The van der Waals surface area contributed by atoms with Gasteiger partial charge in [0.05, 0.1) is 35.6 Å². The molecule has 1 aromatic heterocycles. The zero-order valence-electron chi connectivity index (χ0n) is 19.3. The topological polar surface area (TPSA) is 87.6 Å². The highest BCUT2D eigenvalue weighted by Crippen LogP contribution is 2.35. The number of anilines is 1. The number of hydrogen-bond donors (Lipinski definition) is 1. The van der Waals surface area contributed by atoms with E-state index >= 15 is 0 Å². The van der Waals surface area contributed by atoms with Gasteiger partial charge >= 0.3 is 0 Å². The smallest absolute Gasteiger partial charge is 0.282 e. The van der Waals surface area contributed by atoms with Crippen molar-refractivity contribution in [3.63, 3.8) is 0 Å². The summed E-state index contributed by atoms with van der Waals surface area (Å²) in [6.07, 6.45) is 0.527. The Labute approximate surface area is 187 Å². The molecule has 1 fully saturated rings. The minimum atomic E-state index is -0.499. The minimum Gasteiger partial charge on any atom is -0.378 e. The van der Waals surface area contributed by atoms with Crippen LogP contribution in [0, 0.1) is 6.92 Å². The summed E-state index contributed by atoms with van der Waals surface area (Å²) in [5, 5.41) is 3.18. The number of rotatable bonds is 4. The van der Waals surface area contributed by atoms with Crippen molar-refractivity contribution in [3.05, 3.63) is 57.1 Å². The number of morpholine rings is 1. The van der Waals surface area contributed by atoms with E-state index in [0.29, 0.717) is 44.1 Å². The van der Waals surface area contributed by atoms with Crippen molar-refractivity contribution < 1.29 is 14.3 Å². The molecule has 2 aromatic rings. The van der Waals surface area contributed by atoms with Crippen LogP contribution in [0.15, 0.2) is 34.8 Å². The number of H-pyrrole nitrogens is 1. The van der Waals surface area contributed by atoms with Gasteiger partial charge in [-0.1, -0.05) is 19.1 Å². The molecule has 2 aliphatic rings. The number of hydrogen-bond acceptors (Lipinski definition) is 5. The number of aromatic nitrogens is 2. The van der Waals surface area contributed by atoms with Crippen LogP contribution in [0.2, 0.25) is 0 Å². The highest BCUT2D eigenvalue weighted by molar-refractivity contribution is 6.45. The fourth-order valence-electron chi connectivity index (χ4n) is 4.29. The van der Waals surface area contributed by atoms with Crippen LogP contribution in [0.5, 0.6) is 0 Å². The molecule has 8 nitrogen and oxygen atoms in total. The van der Waals surface area contributed by atoms with Crippen LogP contribution < -0.4 is 10.5 Å². The third-order valence-electron chi connectivity index (χ3n) is 5.89. The van der Waals surface area contributed by atoms with Crippen molar-refractivity contribution in [1.29, 1.82) is 0 Å². The first-order valence-corrected chi connectivity index (χ1v) is 11.0. The molecule has 4 rings (SSSR count). The second-order valence-electron chi connectivity index (χ2n) is 9.24. The second kappa shape index (κ2) is 8.09. The normalized spacial score (nSPS) is 17.7. The molecule has 2 aliphatic heterocycles. The van der Waals surface area contributed by atoms with E-state index in [4.69, 9.17) is 4.74 Å². The van der Waals surface area contributed by atoms with E-state index in [1.54, 1.807) is 12.1 Å². The third-order valence-corrected chi connectivity index (χ3v) is 5.89. The molecule has 0 aliphatic carbocycles. The Bertz CT molecular complexity index is 1160. The van der Waals surface area contributed by atoms with Crippen LogP contribution >= 0.6 is 0 Å². The number of nitrogens with zero attached hydrogens (tertiary/aromatic N) is 3. The maximum Gasteiger partial charge on any atom is 0.282 e. The highest BCUT2D eigenvalue weighted by atomic mass is 16.5. The first kappa shape index (κ1) is 22.1. The molecule has 0 atom stereocenters. The lowest BCUT2D eigenvalue weighted by molar-refractivity contribution is -0.121. The summed E-state index contributed by atoms with van der Waals surface area (Å²) in [6, 6.07) is 7.28. The van der Waals surface area contributed by atoms with E-state index in [2.05, 4.69) is 5.10 Å². The standard InChI is InChI=1S/C24H30N4O4/c1-6-17-18(22(30)28(25-17)24(3,4)5)19-20(26-10-12-32-13-11-26)23(31)27(21(19)29)16-9-7-8-15(2)14-16/h7-9,14,25H,6,10-13H2,1-5H3. The van der Waals surface area contributed by atoms with Crippen molar-refractivity contribution in [2.24, 2.45) is 0 Å². The van der Waals surface area contributed by atoms with Crippen LogP contribution in [0.25, 0.3) is 5.57 Å². The summed E-state index contributed by atoms with van der Waals surface area (Å²) in [4.78, 5) is 44.1. The SMILES string of the molecule is CCc1[nH]n(C(C)(C)C)c(=O)c1C1=C(N2CCOCC2)C(=O)N(c2cccc(C)c2)C1=O. The van der Waals surface area contributed by atoms with Crippen LogP contribution in [0.3, 0.4) is 0 Å². The predicted molar refractivity (Wildman–Crippen MR) is 122 cm³/mol. The van der Waals surface area contributed by atoms with Crippen molar-refractivity contribution in [2.45, 2.75) is 46.6 Å². The lowest BCUT2D eigenvalue weighted by Gasteiger charge is -2.29. The minimum absolute atomic E-state index is 0.180. The molecule has 0 bridgehead atoms. The van der Waals surface area contributed by atoms with Gasteiger partial charge in [-0.2, -0.15) is 0 Å². The summed E-state index contributed by atoms with van der Waals surface area (Å²) < 4.78 is 7.00. The highest BCUT2D eigenvalue weighted by Gasteiger charge is 2.45. The largest absolute Gasteiger partial charge is 0.378 e. The van der Waals surface area contributed by atoms with Gasteiger partial charge in [-0.25, -0.2) is 9.58 Å². The first-order valence-electron chi connectivity index (χ1n) is 11.0. The van der Waals surface area contributed by atoms with E-state index in [9.17, 15) is 14.4 Å². The molecule has 1 N–H and O–H groups in total. The Kier molecular flexibility index (Phi) is 5.58. The van der Waals surface area contributed by atoms with E-state index in [1.165, 1.54) is 9.58 Å². The Morgan fingerprint density at radius 2 is 1.75 bits per heavy atom. The Balaban J connectivity index is 1.95. The van der Waals surface area contributed by atoms with E-state index in [1.807, 2.05) is 51.7 Å². The lowest BCUT2D eigenvalue weighted by atomic mass is 10.0. The molecular formula is C24H30N4O4. The maximum absolute atomic E-state index is 13.8. The van der Waals surface area contributed by atoms with E-state index in [-0.39, 0.29) is 22.4 Å². The van der Waals surface area contributed by atoms with Crippen LogP contribution in [0.4, 0.5) is 5.69 Å². The molecule has 0 radical (unpaired) electrons. The molecule has 1 saturated heterocycles. The van der Waals surface area contributed by atoms with Gasteiger partial charge in [-0.05, 0) is 51.8 Å². The summed E-state index contributed by atoms with van der Waals surface area (Å²) in [6.45, 7) is 11.5. The second-order valence-corrected chi connectivity index (χ2v) is 9.24. The molecule has 1 aromatic carbocycles. The van der Waals surface area contributed by atoms with Crippen molar-refractivity contribution in [1.82, 2.24) is 14.7 Å². The van der Waals surface area contributed by atoms with Crippen LogP contribution in [0.1, 0.15) is 44.5 Å². The molecule has 0 saturated carbocycles. The number of aryl methyl sites for hydroxylation is 2. The average molecular weight is 439 g/mol. The van der Waals surface area contributed by atoms with Gasteiger partial charge in [0.2, 0.25) is 0 Å². The quantitative estimate of drug-likeness (QED) is 0.741. The number of carbonyl (C=O) groups is 2. The maximum atomic E-state index is 13.8. The number of imide groups is 1. The Hall–Kier alpha value is -3.13. The summed E-state index contributed by atoms with van der Waals surface area (Å²) in [5.41, 5.74) is 2.06. The van der Waals surface area contributed by atoms with Gasteiger partial charge < -0.3 is 9.64 Å². The van der Waals surface area contributed by atoms with Gasteiger partial charge in [0.25, 0.3) is 17.4 Å². The summed E-state index contributed by atoms with van der Waals surface area (Å²) >= 11 is 0.